The summed E-state index contributed by atoms with van der Waals surface area (Å²) in [7, 11) is 0. The van der Waals surface area contributed by atoms with E-state index in [0.717, 1.165) is 12.3 Å². The number of nitrogens with zero attached hydrogens (tertiary/aromatic N) is 1. The molecule has 1 aliphatic rings. The van der Waals surface area contributed by atoms with Crippen molar-refractivity contribution >= 4 is 11.8 Å². The van der Waals surface area contributed by atoms with Crippen LogP contribution in [0.3, 0.4) is 0 Å². The molecule has 0 bridgehead atoms. The predicted molar refractivity (Wildman–Crippen MR) is 82.2 cm³/mol. The molecule has 20 heavy (non-hydrogen) atoms. The Kier molecular flexibility index (Phi) is 5.47. The van der Waals surface area contributed by atoms with Gasteiger partial charge in [0.2, 0.25) is 0 Å². The molecule has 1 N–H and O–H groups in total. The Hall–Kier alpha value is -1.02. The Morgan fingerprint density at radius 3 is 2.95 bits per heavy atom. The molecule has 4 heteroatoms. The molecule has 0 aromatic heterocycles. The van der Waals surface area contributed by atoms with Crippen molar-refractivity contribution in [1.82, 2.24) is 4.90 Å². The number of aliphatic hydroxyl groups excluding tert-OH is 1. The van der Waals surface area contributed by atoms with E-state index in [1.165, 1.54) is 6.07 Å². The van der Waals surface area contributed by atoms with E-state index in [1.807, 2.05) is 17.8 Å². The van der Waals surface area contributed by atoms with Gasteiger partial charge in [-0.3, -0.25) is 4.90 Å². The van der Waals surface area contributed by atoms with Crippen molar-refractivity contribution < 1.29 is 9.50 Å². The Morgan fingerprint density at radius 1 is 1.45 bits per heavy atom. The SMILES string of the molecule is CC1SCCN(Cc2ccc(C#CCO)cc2F)C1C. The van der Waals surface area contributed by atoms with Crippen molar-refractivity contribution in [2.75, 3.05) is 18.9 Å². The standard InChI is InChI=1S/C16H20FNOS/c1-12-13(2)20-9-7-18(12)11-15-6-5-14(4-3-8-19)10-16(15)17/h5-6,10,12-13,19H,7-9,11H2,1-2H3. The predicted octanol–water partition coefficient (Wildman–Crippen LogP) is 2.50. The van der Waals surface area contributed by atoms with Crippen LogP contribution < -0.4 is 0 Å². The third-order valence-corrected chi connectivity index (χ3v) is 5.09. The highest BCUT2D eigenvalue weighted by atomic mass is 32.2. The largest absolute Gasteiger partial charge is 0.384 e. The molecule has 0 radical (unpaired) electrons. The van der Waals surface area contributed by atoms with Gasteiger partial charge in [0.25, 0.3) is 0 Å². The monoisotopic (exact) mass is 293 g/mol. The molecule has 108 valence electrons. The zero-order chi connectivity index (χ0) is 14.5. The first-order chi connectivity index (χ1) is 9.61. The number of rotatable bonds is 2. The van der Waals surface area contributed by atoms with Crippen LogP contribution in [0.25, 0.3) is 0 Å². The molecular weight excluding hydrogens is 273 g/mol. The van der Waals surface area contributed by atoms with Gasteiger partial charge >= 0.3 is 0 Å². The fourth-order valence-electron chi connectivity index (χ4n) is 2.33. The van der Waals surface area contributed by atoms with E-state index in [0.29, 0.717) is 29.0 Å². The van der Waals surface area contributed by atoms with E-state index in [9.17, 15) is 4.39 Å². The van der Waals surface area contributed by atoms with E-state index in [-0.39, 0.29) is 12.4 Å². The van der Waals surface area contributed by atoms with Crippen LogP contribution in [-0.2, 0) is 6.54 Å². The lowest BCUT2D eigenvalue weighted by atomic mass is 10.1. The topological polar surface area (TPSA) is 23.5 Å². The summed E-state index contributed by atoms with van der Waals surface area (Å²) in [6.07, 6.45) is 0. The molecule has 2 unspecified atom stereocenters. The Bertz CT molecular complexity index is 523. The van der Waals surface area contributed by atoms with Crippen LogP contribution in [-0.4, -0.2) is 40.2 Å². The first-order valence-electron chi connectivity index (χ1n) is 6.85. The average molecular weight is 293 g/mol. The normalized spacial score (nSPS) is 23.2. The first kappa shape index (κ1) is 15.4. The molecular formula is C16H20FNOS. The first-order valence-corrected chi connectivity index (χ1v) is 7.90. The molecule has 0 saturated carbocycles. The lowest BCUT2D eigenvalue weighted by Crippen LogP contribution is -2.44. The summed E-state index contributed by atoms with van der Waals surface area (Å²) in [6, 6.07) is 5.52. The minimum Gasteiger partial charge on any atom is -0.384 e. The van der Waals surface area contributed by atoms with Crippen LogP contribution in [0, 0.1) is 17.7 Å². The number of hydrogen-bond donors (Lipinski definition) is 1. The van der Waals surface area contributed by atoms with Gasteiger partial charge in [-0.25, -0.2) is 4.39 Å². The van der Waals surface area contributed by atoms with Crippen molar-refractivity contribution in [1.29, 1.82) is 0 Å². The molecule has 0 amide bonds. The van der Waals surface area contributed by atoms with E-state index < -0.39 is 0 Å². The number of aliphatic hydroxyl groups is 1. The number of hydrogen-bond acceptors (Lipinski definition) is 3. The van der Waals surface area contributed by atoms with Gasteiger partial charge in [-0.05, 0) is 19.1 Å². The molecule has 2 rings (SSSR count). The number of halogens is 1. The number of benzene rings is 1. The van der Waals surface area contributed by atoms with Gasteiger partial charge in [-0.2, -0.15) is 11.8 Å². The van der Waals surface area contributed by atoms with Gasteiger partial charge in [0, 0.05) is 41.3 Å². The van der Waals surface area contributed by atoms with E-state index >= 15 is 0 Å². The van der Waals surface area contributed by atoms with Crippen LogP contribution in [0.15, 0.2) is 18.2 Å². The van der Waals surface area contributed by atoms with Gasteiger partial charge < -0.3 is 5.11 Å². The molecule has 2 atom stereocenters. The average Bonchev–Trinajstić information content (AvgIpc) is 2.44. The minimum absolute atomic E-state index is 0.204. The second-order valence-electron chi connectivity index (χ2n) is 5.05. The van der Waals surface area contributed by atoms with Gasteiger partial charge in [0.15, 0.2) is 0 Å². The molecule has 1 saturated heterocycles. The zero-order valence-corrected chi connectivity index (χ0v) is 12.7. The third-order valence-electron chi connectivity index (χ3n) is 3.75. The van der Waals surface area contributed by atoms with E-state index in [4.69, 9.17) is 5.11 Å². The van der Waals surface area contributed by atoms with Crippen molar-refractivity contribution in [3.8, 4) is 11.8 Å². The van der Waals surface area contributed by atoms with Crippen LogP contribution in [0.2, 0.25) is 0 Å². The van der Waals surface area contributed by atoms with Gasteiger partial charge in [-0.1, -0.05) is 24.8 Å². The van der Waals surface area contributed by atoms with Crippen molar-refractivity contribution in [3.05, 3.63) is 35.1 Å². The molecule has 1 fully saturated rings. The van der Waals surface area contributed by atoms with Crippen LogP contribution in [0.4, 0.5) is 4.39 Å². The molecule has 1 aromatic rings. The van der Waals surface area contributed by atoms with Gasteiger partial charge in [0.05, 0.1) is 0 Å². The summed E-state index contributed by atoms with van der Waals surface area (Å²) in [5, 5.41) is 9.23. The summed E-state index contributed by atoms with van der Waals surface area (Å²) >= 11 is 1.98. The Labute approximate surface area is 124 Å². The molecule has 0 spiro atoms. The van der Waals surface area contributed by atoms with Crippen LogP contribution in [0.5, 0.6) is 0 Å². The molecule has 1 heterocycles. The summed E-state index contributed by atoms with van der Waals surface area (Å²) in [4.78, 5) is 2.33. The quantitative estimate of drug-likeness (QED) is 0.848. The fourth-order valence-corrected chi connectivity index (χ4v) is 3.49. The van der Waals surface area contributed by atoms with Gasteiger partial charge in [0.1, 0.15) is 12.4 Å². The summed E-state index contributed by atoms with van der Waals surface area (Å²) in [5.74, 6) is 6.15. The third kappa shape index (κ3) is 3.76. The number of thioether (sulfide) groups is 1. The summed E-state index contributed by atoms with van der Waals surface area (Å²) in [5.41, 5.74) is 1.32. The lowest BCUT2D eigenvalue weighted by Gasteiger charge is -2.37. The highest BCUT2D eigenvalue weighted by Crippen LogP contribution is 2.26. The van der Waals surface area contributed by atoms with E-state index in [2.05, 4.69) is 30.6 Å². The lowest BCUT2D eigenvalue weighted by molar-refractivity contribution is 0.202. The Balaban J connectivity index is 2.09. The molecule has 1 aromatic carbocycles. The smallest absolute Gasteiger partial charge is 0.128 e. The summed E-state index contributed by atoms with van der Waals surface area (Å²) < 4.78 is 14.1. The maximum absolute atomic E-state index is 14.1. The Morgan fingerprint density at radius 2 is 2.25 bits per heavy atom. The van der Waals surface area contributed by atoms with Crippen LogP contribution in [0.1, 0.15) is 25.0 Å². The molecule has 0 aliphatic carbocycles. The highest BCUT2D eigenvalue weighted by molar-refractivity contribution is 8.00. The van der Waals surface area contributed by atoms with Crippen molar-refractivity contribution in [3.63, 3.8) is 0 Å². The highest BCUT2D eigenvalue weighted by Gasteiger charge is 2.25. The summed E-state index contributed by atoms with van der Waals surface area (Å²) in [6.45, 7) is 5.87. The fraction of sp³-hybridized carbons (Fsp3) is 0.500. The van der Waals surface area contributed by atoms with E-state index in [1.54, 1.807) is 6.07 Å². The van der Waals surface area contributed by atoms with Gasteiger partial charge in [-0.15, -0.1) is 0 Å². The second-order valence-corrected chi connectivity index (χ2v) is 6.54. The van der Waals surface area contributed by atoms with Crippen molar-refractivity contribution in [2.24, 2.45) is 0 Å². The zero-order valence-electron chi connectivity index (χ0n) is 11.9. The minimum atomic E-state index is -0.215. The maximum atomic E-state index is 14.1. The molecule has 2 nitrogen and oxygen atoms in total. The second kappa shape index (κ2) is 7.12. The van der Waals surface area contributed by atoms with Crippen molar-refractivity contribution in [2.45, 2.75) is 31.7 Å². The van der Waals surface area contributed by atoms with Crippen LogP contribution >= 0.6 is 11.8 Å². The maximum Gasteiger partial charge on any atom is 0.128 e. The molecule has 1 aliphatic heterocycles.